The minimum absolute atomic E-state index is 0.0161. The normalized spacial score (nSPS) is 20.1. The molecule has 12 heteroatoms. The summed E-state index contributed by atoms with van der Waals surface area (Å²) in [4.78, 5) is 42.4. The molecule has 4 rings (SSSR count). The van der Waals surface area contributed by atoms with Crippen LogP contribution in [0.2, 0.25) is 5.02 Å². The molecule has 2 heterocycles. The number of halogens is 1. The summed E-state index contributed by atoms with van der Waals surface area (Å²) in [5.74, 6) is -0.406. The number of benzene rings is 2. The van der Waals surface area contributed by atoms with Gasteiger partial charge in [0.1, 0.15) is 11.9 Å². The molecule has 2 unspecified atom stereocenters. The lowest BCUT2D eigenvalue weighted by atomic mass is 10.0. The topological polar surface area (TPSA) is 135 Å². The van der Waals surface area contributed by atoms with Crippen LogP contribution in [0, 0.1) is 0 Å². The lowest BCUT2D eigenvalue weighted by Crippen LogP contribution is -2.55. The summed E-state index contributed by atoms with van der Waals surface area (Å²) >= 11 is 6.13. The van der Waals surface area contributed by atoms with Crippen LogP contribution >= 0.6 is 11.6 Å². The Morgan fingerprint density at radius 1 is 1.05 bits per heavy atom. The van der Waals surface area contributed by atoms with E-state index >= 15 is 0 Å². The van der Waals surface area contributed by atoms with Crippen molar-refractivity contribution in [3.8, 4) is 5.75 Å². The summed E-state index contributed by atoms with van der Waals surface area (Å²) < 4.78 is 16.6. The highest BCUT2D eigenvalue weighted by Gasteiger charge is 2.32. The fourth-order valence-corrected chi connectivity index (χ4v) is 5.46. The average Bonchev–Trinajstić information content (AvgIpc) is 2.97. The number of esters is 1. The largest absolute Gasteiger partial charge is 0.496 e. The zero-order valence-corrected chi connectivity index (χ0v) is 25.1. The van der Waals surface area contributed by atoms with Gasteiger partial charge < -0.3 is 35.5 Å². The Morgan fingerprint density at radius 3 is 2.43 bits per heavy atom. The van der Waals surface area contributed by atoms with Crippen LogP contribution in [0.4, 0.5) is 11.4 Å². The highest BCUT2D eigenvalue weighted by atomic mass is 35.5. The summed E-state index contributed by atoms with van der Waals surface area (Å²) in [7, 11) is 5.11. The molecule has 2 amide bonds. The lowest BCUT2D eigenvalue weighted by molar-refractivity contribution is -0.150. The molecule has 0 aliphatic carbocycles. The first kappa shape index (κ1) is 31.6. The molecular formula is C30H40ClN5O6. The number of nitrogens with zero attached hydrogens (tertiary/aromatic N) is 2. The number of nitrogens with two attached hydrogens (primary N) is 1. The highest BCUT2D eigenvalue weighted by Crippen LogP contribution is 2.29. The number of ether oxygens (including phenoxy) is 3. The zero-order chi connectivity index (χ0) is 30.2. The van der Waals surface area contributed by atoms with Crippen molar-refractivity contribution >= 4 is 40.8 Å². The number of amides is 2. The van der Waals surface area contributed by atoms with Crippen molar-refractivity contribution in [2.75, 3.05) is 65.0 Å². The van der Waals surface area contributed by atoms with Crippen LogP contribution in [0.15, 0.2) is 36.4 Å². The summed E-state index contributed by atoms with van der Waals surface area (Å²) in [6.45, 7) is 3.10. The van der Waals surface area contributed by atoms with Crippen molar-refractivity contribution in [1.29, 1.82) is 0 Å². The molecule has 228 valence electrons. The fraction of sp³-hybridized carbons (Fsp3) is 0.500. The summed E-state index contributed by atoms with van der Waals surface area (Å²) in [5, 5.41) is 6.19. The molecule has 2 fully saturated rings. The molecule has 0 spiro atoms. The lowest BCUT2D eigenvalue weighted by Gasteiger charge is -2.37. The Bertz CT molecular complexity index is 1250. The molecule has 0 aromatic heterocycles. The van der Waals surface area contributed by atoms with Crippen molar-refractivity contribution in [2.24, 2.45) is 0 Å². The van der Waals surface area contributed by atoms with Crippen LogP contribution in [-0.4, -0.2) is 99.8 Å². The molecule has 2 aromatic rings. The van der Waals surface area contributed by atoms with Gasteiger partial charge in [-0.15, -0.1) is 0 Å². The highest BCUT2D eigenvalue weighted by molar-refractivity contribution is 6.33. The predicted molar refractivity (Wildman–Crippen MR) is 161 cm³/mol. The predicted octanol–water partition coefficient (Wildman–Crippen LogP) is 2.57. The average molecular weight is 602 g/mol. The Balaban J connectivity index is 1.23. The maximum absolute atomic E-state index is 13.0. The third kappa shape index (κ3) is 8.57. The fourth-order valence-electron chi connectivity index (χ4n) is 5.30. The van der Waals surface area contributed by atoms with Crippen LogP contribution in [0.3, 0.4) is 0 Å². The number of methoxy groups -OCH3 is 2. The van der Waals surface area contributed by atoms with Crippen LogP contribution in [0.1, 0.15) is 35.2 Å². The standard InChI is InChI=1S/C30H40ClN5O6/c1-35-11-8-21(9-12-35)42-29(38)14-19-4-6-20(7-5-19)33-28(37)18-36-13-10-25(27(17-36)41-3)34-30(39)22-15-23(31)24(32)16-26(22)40-2/h4-7,15-16,21,25,27H,8-14,17-18,32H2,1-3H3,(H,33,37)(H,34,39). The third-order valence-corrected chi connectivity index (χ3v) is 8.07. The van der Waals surface area contributed by atoms with Gasteiger partial charge in [-0.25, -0.2) is 0 Å². The second-order valence-corrected chi connectivity index (χ2v) is 11.3. The minimum atomic E-state index is -0.342. The Morgan fingerprint density at radius 2 is 1.76 bits per heavy atom. The number of anilines is 2. The maximum atomic E-state index is 13.0. The SMILES string of the molecule is COc1cc(N)c(Cl)cc1C(=O)NC1CCN(CC(=O)Nc2ccc(CC(=O)OC3CCN(C)CC3)cc2)CC1OC. The maximum Gasteiger partial charge on any atom is 0.310 e. The van der Waals surface area contributed by atoms with Gasteiger partial charge in [-0.2, -0.15) is 0 Å². The number of carbonyl (C=O) groups is 3. The summed E-state index contributed by atoms with van der Waals surface area (Å²) in [6, 6.07) is 9.96. The molecular weight excluding hydrogens is 562 g/mol. The second-order valence-electron chi connectivity index (χ2n) is 10.9. The Labute approximate surface area is 251 Å². The van der Waals surface area contributed by atoms with E-state index in [9.17, 15) is 14.4 Å². The van der Waals surface area contributed by atoms with E-state index in [1.54, 1.807) is 19.2 Å². The molecule has 2 aliphatic rings. The summed E-state index contributed by atoms with van der Waals surface area (Å²) in [5.41, 5.74) is 7.92. The van der Waals surface area contributed by atoms with Crippen LogP contribution < -0.4 is 21.1 Å². The van der Waals surface area contributed by atoms with Crippen molar-refractivity contribution in [2.45, 2.75) is 43.9 Å². The van der Waals surface area contributed by atoms with E-state index in [-0.39, 0.29) is 59.6 Å². The van der Waals surface area contributed by atoms with Gasteiger partial charge in [-0.1, -0.05) is 23.7 Å². The number of likely N-dealkylation sites (tertiary alicyclic amines) is 2. The molecule has 42 heavy (non-hydrogen) atoms. The Hall–Kier alpha value is -3.38. The van der Waals surface area contributed by atoms with E-state index in [0.717, 1.165) is 31.5 Å². The molecule has 11 nitrogen and oxygen atoms in total. The molecule has 2 aromatic carbocycles. The van der Waals surface area contributed by atoms with E-state index in [1.165, 1.54) is 19.2 Å². The molecule has 2 saturated heterocycles. The van der Waals surface area contributed by atoms with Gasteiger partial charge in [0.2, 0.25) is 5.91 Å². The second kappa shape index (κ2) is 14.7. The monoisotopic (exact) mass is 601 g/mol. The van der Waals surface area contributed by atoms with Gasteiger partial charge in [0.25, 0.3) is 5.91 Å². The first-order chi connectivity index (χ1) is 20.1. The number of piperidine rings is 2. The van der Waals surface area contributed by atoms with E-state index in [0.29, 0.717) is 36.6 Å². The molecule has 0 saturated carbocycles. The first-order valence-electron chi connectivity index (χ1n) is 14.1. The van der Waals surface area contributed by atoms with Crippen molar-refractivity contribution in [3.63, 3.8) is 0 Å². The molecule has 4 N–H and O–H groups in total. The third-order valence-electron chi connectivity index (χ3n) is 7.74. The van der Waals surface area contributed by atoms with Crippen LogP contribution in [-0.2, 0) is 25.5 Å². The molecule has 2 atom stereocenters. The first-order valence-corrected chi connectivity index (χ1v) is 14.5. The van der Waals surface area contributed by atoms with E-state index in [1.807, 2.05) is 17.0 Å². The van der Waals surface area contributed by atoms with Crippen LogP contribution in [0.5, 0.6) is 5.75 Å². The number of hydrogen-bond acceptors (Lipinski definition) is 9. The number of hydrogen-bond donors (Lipinski definition) is 3. The van der Waals surface area contributed by atoms with Gasteiger partial charge in [-0.05, 0) is 50.1 Å². The van der Waals surface area contributed by atoms with Gasteiger partial charge in [-0.3, -0.25) is 19.3 Å². The van der Waals surface area contributed by atoms with Gasteiger partial charge in [0.05, 0.1) is 48.5 Å². The van der Waals surface area contributed by atoms with Gasteiger partial charge in [0.15, 0.2) is 0 Å². The number of nitrogen functional groups attached to an aromatic ring is 1. The van der Waals surface area contributed by atoms with Crippen molar-refractivity contribution in [1.82, 2.24) is 15.1 Å². The van der Waals surface area contributed by atoms with E-state index in [4.69, 9.17) is 31.5 Å². The van der Waals surface area contributed by atoms with E-state index < -0.39 is 0 Å². The smallest absolute Gasteiger partial charge is 0.310 e. The summed E-state index contributed by atoms with van der Waals surface area (Å²) in [6.07, 6.45) is 2.17. The van der Waals surface area contributed by atoms with Crippen molar-refractivity contribution in [3.05, 3.63) is 52.5 Å². The van der Waals surface area contributed by atoms with Gasteiger partial charge in [0, 0.05) is 45.0 Å². The van der Waals surface area contributed by atoms with E-state index in [2.05, 4.69) is 22.6 Å². The number of nitrogens with one attached hydrogen (secondary N) is 2. The number of carbonyl (C=O) groups excluding carboxylic acids is 3. The van der Waals surface area contributed by atoms with Crippen molar-refractivity contribution < 1.29 is 28.6 Å². The molecule has 0 bridgehead atoms. The minimum Gasteiger partial charge on any atom is -0.496 e. The zero-order valence-electron chi connectivity index (χ0n) is 24.4. The quantitative estimate of drug-likeness (QED) is 0.277. The van der Waals surface area contributed by atoms with Gasteiger partial charge >= 0.3 is 5.97 Å². The molecule has 2 aliphatic heterocycles. The number of rotatable bonds is 10. The Kier molecular flexibility index (Phi) is 11.0. The van der Waals surface area contributed by atoms with Crippen LogP contribution in [0.25, 0.3) is 0 Å². The molecule has 0 radical (unpaired) electrons.